The van der Waals surface area contributed by atoms with Gasteiger partial charge in [0.05, 0.1) is 0 Å². The third-order valence-electron chi connectivity index (χ3n) is 4.40. The summed E-state index contributed by atoms with van der Waals surface area (Å²) in [6, 6.07) is 18.2. The lowest BCUT2D eigenvalue weighted by atomic mass is 10.0. The van der Waals surface area contributed by atoms with E-state index in [9.17, 15) is 4.79 Å². The van der Waals surface area contributed by atoms with E-state index in [0.717, 1.165) is 27.8 Å². The number of carbonyl (C=O) groups excluding carboxylic acids is 1. The molecule has 0 spiro atoms. The van der Waals surface area contributed by atoms with Gasteiger partial charge in [0, 0.05) is 18.4 Å². The zero-order valence-electron chi connectivity index (χ0n) is 16.6. The summed E-state index contributed by atoms with van der Waals surface area (Å²) in [6.07, 6.45) is -0.280. The SMILES string of the molecule is CC(C)(C)OC(=O)N1CC(CBr)=C(c2cccc(OCc3ccccc3)c2)C1. The number of hydrogen-bond donors (Lipinski definition) is 0. The summed E-state index contributed by atoms with van der Waals surface area (Å²) in [6.45, 7) is 7.29. The largest absolute Gasteiger partial charge is 0.489 e. The van der Waals surface area contributed by atoms with Crippen molar-refractivity contribution in [3.63, 3.8) is 0 Å². The van der Waals surface area contributed by atoms with Gasteiger partial charge in [-0.3, -0.25) is 4.90 Å². The lowest BCUT2D eigenvalue weighted by Crippen LogP contribution is -2.35. The van der Waals surface area contributed by atoms with E-state index in [1.807, 2.05) is 69.3 Å². The number of hydrogen-bond acceptors (Lipinski definition) is 3. The molecule has 4 nitrogen and oxygen atoms in total. The van der Waals surface area contributed by atoms with Crippen LogP contribution in [0.4, 0.5) is 4.79 Å². The minimum absolute atomic E-state index is 0.280. The van der Waals surface area contributed by atoms with Gasteiger partial charge in [-0.2, -0.15) is 0 Å². The second-order valence-electron chi connectivity index (χ2n) is 7.85. The van der Waals surface area contributed by atoms with E-state index in [2.05, 4.69) is 22.0 Å². The van der Waals surface area contributed by atoms with E-state index >= 15 is 0 Å². The standard InChI is InChI=1S/C23H26BrNO3/c1-23(2,3)28-22(26)25-14-19(13-24)21(15-25)18-10-7-11-20(12-18)27-16-17-8-5-4-6-9-17/h4-12H,13-16H2,1-3H3. The molecule has 0 unspecified atom stereocenters. The first-order valence-electron chi connectivity index (χ1n) is 9.37. The van der Waals surface area contributed by atoms with E-state index in [4.69, 9.17) is 9.47 Å². The first kappa shape index (κ1) is 20.5. The van der Waals surface area contributed by atoms with Crippen LogP contribution in [0.25, 0.3) is 5.57 Å². The summed E-state index contributed by atoms with van der Waals surface area (Å²) in [5, 5.41) is 0.719. The molecular weight excluding hydrogens is 418 g/mol. The first-order valence-corrected chi connectivity index (χ1v) is 10.5. The number of halogens is 1. The Morgan fingerprint density at radius 2 is 1.82 bits per heavy atom. The number of rotatable bonds is 5. The maximum atomic E-state index is 12.5. The molecule has 0 atom stereocenters. The summed E-state index contributed by atoms with van der Waals surface area (Å²) in [5.74, 6) is 0.818. The first-order chi connectivity index (χ1) is 13.4. The average molecular weight is 444 g/mol. The highest BCUT2D eigenvalue weighted by molar-refractivity contribution is 9.09. The van der Waals surface area contributed by atoms with Gasteiger partial charge in [0.15, 0.2) is 0 Å². The van der Waals surface area contributed by atoms with E-state index in [0.29, 0.717) is 19.7 Å². The molecular formula is C23H26BrNO3. The molecule has 1 heterocycles. The van der Waals surface area contributed by atoms with Gasteiger partial charge in [0.1, 0.15) is 18.0 Å². The monoisotopic (exact) mass is 443 g/mol. The Kier molecular flexibility index (Phi) is 6.45. The van der Waals surface area contributed by atoms with Crippen molar-refractivity contribution in [1.82, 2.24) is 4.90 Å². The van der Waals surface area contributed by atoms with Crippen molar-refractivity contribution in [2.75, 3.05) is 18.4 Å². The van der Waals surface area contributed by atoms with Crippen LogP contribution in [0, 0.1) is 0 Å². The lowest BCUT2D eigenvalue weighted by Gasteiger charge is -2.24. The fourth-order valence-corrected chi connectivity index (χ4v) is 3.59. The summed E-state index contributed by atoms with van der Waals surface area (Å²) >= 11 is 3.56. The van der Waals surface area contributed by atoms with Gasteiger partial charge in [-0.25, -0.2) is 4.79 Å². The van der Waals surface area contributed by atoms with Crippen LogP contribution in [0.15, 0.2) is 60.2 Å². The normalized spacial score (nSPS) is 14.4. The van der Waals surface area contributed by atoms with Crippen LogP contribution in [0.2, 0.25) is 0 Å². The summed E-state index contributed by atoms with van der Waals surface area (Å²) in [4.78, 5) is 14.2. The second-order valence-corrected chi connectivity index (χ2v) is 8.41. The molecule has 5 heteroatoms. The Labute approximate surface area is 175 Å². The lowest BCUT2D eigenvalue weighted by molar-refractivity contribution is 0.0303. The van der Waals surface area contributed by atoms with Crippen molar-refractivity contribution in [1.29, 1.82) is 0 Å². The number of nitrogens with zero attached hydrogens (tertiary/aromatic N) is 1. The van der Waals surface area contributed by atoms with E-state index in [1.54, 1.807) is 4.90 Å². The molecule has 1 aliphatic rings. The highest BCUT2D eigenvalue weighted by atomic mass is 79.9. The maximum absolute atomic E-state index is 12.5. The fourth-order valence-electron chi connectivity index (χ4n) is 3.07. The Morgan fingerprint density at radius 1 is 1.07 bits per heavy atom. The highest BCUT2D eigenvalue weighted by Crippen LogP contribution is 2.31. The Hall–Kier alpha value is -2.27. The zero-order chi connectivity index (χ0) is 20.1. The number of benzene rings is 2. The Balaban J connectivity index is 1.72. The molecule has 3 rings (SSSR count). The molecule has 0 N–H and O–H groups in total. The maximum Gasteiger partial charge on any atom is 0.410 e. The van der Waals surface area contributed by atoms with Crippen LogP contribution < -0.4 is 4.74 Å². The number of ether oxygens (including phenoxy) is 2. The van der Waals surface area contributed by atoms with Crippen molar-refractivity contribution in [3.8, 4) is 5.75 Å². The minimum Gasteiger partial charge on any atom is -0.489 e. The molecule has 0 aromatic heterocycles. The average Bonchev–Trinajstić information content (AvgIpc) is 3.11. The van der Waals surface area contributed by atoms with Gasteiger partial charge in [0.25, 0.3) is 0 Å². The van der Waals surface area contributed by atoms with E-state index in [-0.39, 0.29) is 6.09 Å². The van der Waals surface area contributed by atoms with Gasteiger partial charge >= 0.3 is 6.09 Å². The van der Waals surface area contributed by atoms with Crippen molar-refractivity contribution >= 4 is 27.6 Å². The molecule has 1 amide bonds. The summed E-state index contributed by atoms with van der Waals surface area (Å²) < 4.78 is 11.5. The number of alkyl halides is 1. The van der Waals surface area contributed by atoms with Crippen LogP contribution in [-0.4, -0.2) is 35.0 Å². The Bertz CT molecular complexity index is 856. The summed E-state index contributed by atoms with van der Waals surface area (Å²) in [5.41, 5.74) is 4.04. The molecule has 0 aliphatic carbocycles. The van der Waals surface area contributed by atoms with E-state index in [1.165, 1.54) is 5.57 Å². The molecule has 2 aromatic rings. The number of amides is 1. The van der Waals surface area contributed by atoms with Gasteiger partial charge in [0.2, 0.25) is 0 Å². The van der Waals surface area contributed by atoms with Gasteiger partial charge in [-0.15, -0.1) is 0 Å². The molecule has 28 heavy (non-hydrogen) atoms. The molecule has 0 bridgehead atoms. The van der Waals surface area contributed by atoms with Gasteiger partial charge < -0.3 is 9.47 Å². The topological polar surface area (TPSA) is 38.8 Å². The number of carbonyl (C=O) groups is 1. The van der Waals surface area contributed by atoms with Crippen LogP contribution in [-0.2, 0) is 11.3 Å². The smallest absolute Gasteiger partial charge is 0.410 e. The Morgan fingerprint density at radius 3 is 2.50 bits per heavy atom. The van der Waals surface area contributed by atoms with Crippen molar-refractivity contribution < 1.29 is 14.3 Å². The third-order valence-corrected chi connectivity index (χ3v) is 5.08. The molecule has 0 saturated carbocycles. The minimum atomic E-state index is -0.500. The van der Waals surface area contributed by atoms with Crippen molar-refractivity contribution in [2.24, 2.45) is 0 Å². The predicted molar refractivity (Wildman–Crippen MR) is 116 cm³/mol. The highest BCUT2D eigenvalue weighted by Gasteiger charge is 2.29. The molecule has 0 fully saturated rings. The molecule has 2 aromatic carbocycles. The quantitative estimate of drug-likeness (QED) is 0.559. The van der Waals surface area contributed by atoms with Crippen LogP contribution in [0.5, 0.6) is 5.75 Å². The zero-order valence-corrected chi connectivity index (χ0v) is 18.2. The predicted octanol–water partition coefficient (Wildman–Crippen LogP) is 5.66. The third kappa shape index (κ3) is 5.38. The van der Waals surface area contributed by atoms with Crippen molar-refractivity contribution in [3.05, 3.63) is 71.3 Å². The molecule has 0 saturated heterocycles. The van der Waals surface area contributed by atoms with Gasteiger partial charge in [-0.1, -0.05) is 58.4 Å². The second kappa shape index (κ2) is 8.82. The fraction of sp³-hybridized carbons (Fsp3) is 0.348. The van der Waals surface area contributed by atoms with Gasteiger partial charge in [-0.05, 0) is 55.2 Å². The molecule has 1 aliphatic heterocycles. The molecule has 0 radical (unpaired) electrons. The van der Waals surface area contributed by atoms with E-state index < -0.39 is 5.60 Å². The molecule has 148 valence electrons. The summed E-state index contributed by atoms with van der Waals surface area (Å²) in [7, 11) is 0. The van der Waals surface area contributed by atoms with Crippen LogP contribution in [0.1, 0.15) is 31.9 Å². The van der Waals surface area contributed by atoms with Crippen molar-refractivity contribution in [2.45, 2.75) is 33.0 Å². The van der Waals surface area contributed by atoms with Crippen LogP contribution >= 0.6 is 15.9 Å². The van der Waals surface area contributed by atoms with Crippen LogP contribution in [0.3, 0.4) is 0 Å².